The van der Waals surface area contributed by atoms with Crippen LogP contribution in [0.15, 0.2) is 23.1 Å². The molecular weight excluding hydrogens is 288 g/mol. The van der Waals surface area contributed by atoms with Gasteiger partial charge in [0.25, 0.3) is 0 Å². The molecule has 0 unspecified atom stereocenters. The molecule has 0 aliphatic rings. The number of aromatic carboxylic acids is 1. The molecule has 0 saturated carbocycles. The predicted octanol–water partition coefficient (Wildman–Crippen LogP) is 3.47. The molecule has 4 nitrogen and oxygen atoms in total. The Kier molecular flexibility index (Phi) is 6.73. The maximum Gasteiger partial charge on any atom is 0.337 e. The Hall–Kier alpha value is -1.20. The van der Waals surface area contributed by atoms with Gasteiger partial charge >= 0.3 is 11.9 Å². The summed E-state index contributed by atoms with van der Waals surface area (Å²) >= 11 is 6.99. The van der Waals surface area contributed by atoms with Crippen molar-refractivity contribution in [3.8, 4) is 0 Å². The van der Waals surface area contributed by atoms with E-state index in [1.807, 2.05) is 6.92 Å². The lowest BCUT2D eigenvalue weighted by Gasteiger charge is -2.05. The second-order valence-corrected chi connectivity index (χ2v) is 5.27. The molecule has 19 heavy (non-hydrogen) atoms. The molecule has 0 spiro atoms. The van der Waals surface area contributed by atoms with Crippen molar-refractivity contribution in [2.45, 2.75) is 24.7 Å². The topological polar surface area (TPSA) is 63.6 Å². The average molecular weight is 303 g/mol. The van der Waals surface area contributed by atoms with Crippen LogP contribution in [0.4, 0.5) is 0 Å². The number of benzene rings is 1. The Morgan fingerprint density at radius 2 is 2.16 bits per heavy atom. The fourth-order valence-electron chi connectivity index (χ4n) is 1.27. The van der Waals surface area contributed by atoms with Crippen molar-refractivity contribution < 1.29 is 19.4 Å². The molecule has 0 bridgehead atoms. The molecule has 0 atom stereocenters. The standard InChI is InChI=1S/C13H15ClO4S/c1-2-3-6-18-12(15)8-19-9-4-5-11(14)10(7-9)13(16)17/h4-5,7H,2-3,6,8H2,1H3,(H,16,17). The number of hydrogen-bond donors (Lipinski definition) is 1. The summed E-state index contributed by atoms with van der Waals surface area (Å²) in [5.74, 6) is -1.23. The molecule has 0 radical (unpaired) electrons. The largest absolute Gasteiger partial charge is 0.478 e. The Labute approximate surface area is 121 Å². The fourth-order valence-corrected chi connectivity index (χ4v) is 2.20. The van der Waals surface area contributed by atoms with E-state index in [1.54, 1.807) is 6.07 Å². The summed E-state index contributed by atoms with van der Waals surface area (Å²) < 4.78 is 5.00. The van der Waals surface area contributed by atoms with E-state index in [0.29, 0.717) is 11.5 Å². The maximum absolute atomic E-state index is 11.4. The Balaban J connectivity index is 2.51. The van der Waals surface area contributed by atoms with Crippen molar-refractivity contribution in [2.75, 3.05) is 12.4 Å². The van der Waals surface area contributed by atoms with Crippen LogP contribution in [0.3, 0.4) is 0 Å². The quantitative estimate of drug-likeness (QED) is 0.474. The van der Waals surface area contributed by atoms with E-state index in [-0.39, 0.29) is 22.3 Å². The second-order valence-electron chi connectivity index (χ2n) is 3.81. The Morgan fingerprint density at radius 1 is 1.42 bits per heavy atom. The zero-order chi connectivity index (χ0) is 14.3. The van der Waals surface area contributed by atoms with Crippen LogP contribution in [0.2, 0.25) is 5.02 Å². The van der Waals surface area contributed by atoms with Crippen LogP contribution >= 0.6 is 23.4 Å². The predicted molar refractivity (Wildman–Crippen MR) is 75.0 cm³/mol. The molecule has 0 heterocycles. The number of unbranched alkanes of at least 4 members (excludes halogenated alkanes) is 1. The molecule has 0 aromatic heterocycles. The van der Waals surface area contributed by atoms with Gasteiger partial charge in [-0.1, -0.05) is 24.9 Å². The molecule has 1 N–H and O–H groups in total. The average Bonchev–Trinajstić information content (AvgIpc) is 2.37. The normalized spacial score (nSPS) is 10.2. The van der Waals surface area contributed by atoms with Crippen molar-refractivity contribution in [1.29, 1.82) is 0 Å². The summed E-state index contributed by atoms with van der Waals surface area (Å²) in [7, 11) is 0. The van der Waals surface area contributed by atoms with Gasteiger partial charge in [0, 0.05) is 4.90 Å². The van der Waals surface area contributed by atoms with Crippen molar-refractivity contribution in [3.05, 3.63) is 28.8 Å². The smallest absolute Gasteiger partial charge is 0.337 e. The molecular formula is C13H15ClO4S. The van der Waals surface area contributed by atoms with E-state index in [9.17, 15) is 9.59 Å². The number of halogens is 1. The van der Waals surface area contributed by atoms with Crippen LogP contribution in [-0.4, -0.2) is 29.4 Å². The number of thioether (sulfide) groups is 1. The van der Waals surface area contributed by atoms with Crippen molar-refractivity contribution in [2.24, 2.45) is 0 Å². The zero-order valence-corrected chi connectivity index (χ0v) is 12.1. The highest BCUT2D eigenvalue weighted by atomic mass is 35.5. The summed E-state index contributed by atoms with van der Waals surface area (Å²) in [4.78, 5) is 23.0. The van der Waals surface area contributed by atoms with E-state index in [4.69, 9.17) is 21.4 Å². The minimum absolute atomic E-state index is 0.0333. The fraction of sp³-hybridized carbons (Fsp3) is 0.385. The zero-order valence-electron chi connectivity index (χ0n) is 10.5. The van der Waals surface area contributed by atoms with Crippen LogP contribution in [0, 0.1) is 0 Å². The van der Waals surface area contributed by atoms with Crippen molar-refractivity contribution in [3.63, 3.8) is 0 Å². The number of rotatable bonds is 7. The van der Waals surface area contributed by atoms with Crippen LogP contribution in [-0.2, 0) is 9.53 Å². The lowest BCUT2D eigenvalue weighted by atomic mass is 10.2. The molecule has 0 amide bonds. The molecule has 0 saturated heterocycles. The molecule has 1 aromatic rings. The summed E-state index contributed by atoms with van der Waals surface area (Å²) in [6.07, 6.45) is 1.82. The third kappa shape index (κ3) is 5.53. The highest BCUT2D eigenvalue weighted by molar-refractivity contribution is 8.00. The van der Waals surface area contributed by atoms with Gasteiger partial charge in [-0.2, -0.15) is 0 Å². The lowest BCUT2D eigenvalue weighted by molar-refractivity contribution is -0.140. The molecule has 104 valence electrons. The lowest BCUT2D eigenvalue weighted by Crippen LogP contribution is -2.08. The third-order valence-electron chi connectivity index (χ3n) is 2.29. The van der Waals surface area contributed by atoms with E-state index in [0.717, 1.165) is 12.8 Å². The van der Waals surface area contributed by atoms with Crippen LogP contribution in [0.1, 0.15) is 30.1 Å². The third-order valence-corrected chi connectivity index (χ3v) is 3.58. The summed E-state index contributed by atoms with van der Waals surface area (Å²) in [6, 6.07) is 4.64. The first-order valence-corrected chi connectivity index (χ1v) is 7.22. The maximum atomic E-state index is 11.4. The van der Waals surface area contributed by atoms with E-state index in [1.165, 1.54) is 23.9 Å². The summed E-state index contributed by atoms with van der Waals surface area (Å²) in [6.45, 7) is 2.45. The highest BCUT2D eigenvalue weighted by Crippen LogP contribution is 2.24. The Bertz CT molecular complexity index is 462. The van der Waals surface area contributed by atoms with Crippen LogP contribution in [0.25, 0.3) is 0 Å². The van der Waals surface area contributed by atoms with Gasteiger partial charge in [-0.3, -0.25) is 4.79 Å². The number of hydrogen-bond acceptors (Lipinski definition) is 4. The Morgan fingerprint density at radius 3 is 2.79 bits per heavy atom. The number of carboxylic acids is 1. The molecule has 0 fully saturated rings. The number of esters is 1. The SMILES string of the molecule is CCCCOC(=O)CSc1ccc(Cl)c(C(=O)O)c1. The first-order valence-electron chi connectivity index (χ1n) is 5.86. The minimum atomic E-state index is -1.09. The van der Waals surface area contributed by atoms with Crippen molar-refractivity contribution in [1.82, 2.24) is 0 Å². The molecule has 6 heteroatoms. The summed E-state index contributed by atoms with van der Waals surface area (Å²) in [5.41, 5.74) is 0.0333. The van der Waals surface area contributed by atoms with Gasteiger partial charge in [0.2, 0.25) is 0 Å². The molecule has 1 aromatic carbocycles. The van der Waals surface area contributed by atoms with Gasteiger partial charge in [0.1, 0.15) is 0 Å². The second kappa shape index (κ2) is 8.07. The van der Waals surface area contributed by atoms with E-state index < -0.39 is 5.97 Å². The van der Waals surface area contributed by atoms with Crippen LogP contribution < -0.4 is 0 Å². The first kappa shape index (κ1) is 15.9. The number of ether oxygens (including phenoxy) is 1. The number of carbonyl (C=O) groups is 2. The van der Waals surface area contributed by atoms with Gasteiger partial charge in [0.05, 0.1) is 22.9 Å². The number of carboxylic acid groups (broad SMARTS) is 1. The number of carbonyl (C=O) groups excluding carboxylic acids is 1. The molecule has 0 aliphatic carbocycles. The monoisotopic (exact) mass is 302 g/mol. The van der Waals surface area contributed by atoms with E-state index in [2.05, 4.69) is 0 Å². The minimum Gasteiger partial charge on any atom is -0.478 e. The van der Waals surface area contributed by atoms with E-state index >= 15 is 0 Å². The van der Waals surface area contributed by atoms with Gasteiger partial charge in [-0.05, 0) is 24.6 Å². The summed E-state index contributed by atoms with van der Waals surface area (Å²) in [5, 5.41) is 9.11. The first-order chi connectivity index (χ1) is 9.04. The molecule has 1 rings (SSSR count). The van der Waals surface area contributed by atoms with Gasteiger partial charge in [-0.15, -0.1) is 11.8 Å². The molecule has 0 aliphatic heterocycles. The van der Waals surface area contributed by atoms with Crippen molar-refractivity contribution >= 4 is 35.3 Å². The van der Waals surface area contributed by atoms with Crippen LogP contribution in [0.5, 0.6) is 0 Å². The van der Waals surface area contributed by atoms with Gasteiger partial charge < -0.3 is 9.84 Å². The highest BCUT2D eigenvalue weighted by Gasteiger charge is 2.11. The van der Waals surface area contributed by atoms with Gasteiger partial charge in [-0.25, -0.2) is 4.79 Å². The van der Waals surface area contributed by atoms with Gasteiger partial charge in [0.15, 0.2) is 0 Å².